The molecular formula is C14H15NO4. The van der Waals surface area contributed by atoms with E-state index in [1.807, 2.05) is 4.90 Å². The van der Waals surface area contributed by atoms with Crippen molar-refractivity contribution >= 4 is 6.29 Å². The second-order valence-electron chi connectivity index (χ2n) is 4.56. The van der Waals surface area contributed by atoms with Crippen LogP contribution in [0, 0.1) is 0 Å². The first-order chi connectivity index (χ1) is 9.29. The highest BCUT2D eigenvalue weighted by Crippen LogP contribution is 2.40. The number of allylic oxidation sites excluding steroid dienone is 1. The van der Waals surface area contributed by atoms with Crippen molar-refractivity contribution in [1.29, 1.82) is 0 Å². The van der Waals surface area contributed by atoms with Gasteiger partial charge in [-0.25, -0.2) is 0 Å². The Morgan fingerprint density at radius 2 is 2.11 bits per heavy atom. The molecule has 0 spiro atoms. The summed E-state index contributed by atoms with van der Waals surface area (Å²) in [5, 5.41) is 9.87. The van der Waals surface area contributed by atoms with E-state index in [0.29, 0.717) is 30.4 Å². The lowest BCUT2D eigenvalue weighted by molar-refractivity contribution is -0.108. The van der Waals surface area contributed by atoms with Crippen molar-refractivity contribution in [3.63, 3.8) is 0 Å². The molecule has 0 radical (unpaired) electrons. The molecular weight excluding hydrogens is 246 g/mol. The number of fused-ring (bicyclic) bond motifs is 1. The fraction of sp³-hybridized carbons (Fsp3) is 0.357. The minimum Gasteiger partial charge on any atom is -0.504 e. The first-order valence-electron chi connectivity index (χ1n) is 6.29. The SMILES string of the molecule is O=CC1C=C(N2CCOCC2)Oc2c(O)cccc21. The van der Waals surface area contributed by atoms with Crippen molar-refractivity contribution in [3.8, 4) is 11.5 Å². The summed E-state index contributed by atoms with van der Waals surface area (Å²) in [5.74, 6) is 0.676. The van der Waals surface area contributed by atoms with Gasteiger partial charge in [-0.3, -0.25) is 0 Å². The van der Waals surface area contributed by atoms with Crippen molar-refractivity contribution in [1.82, 2.24) is 4.90 Å². The lowest BCUT2D eigenvalue weighted by atomic mass is 9.97. The Bertz CT molecular complexity index is 520. The predicted molar refractivity (Wildman–Crippen MR) is 68.0 cm³/mol. The van der Waals surface area contributed by atoms with Gasteiger partial charge in [-0.1, -0.05) is 12.1 Å². The molecule has 0 aromatic heterocycles. The summed E-state index contributed by atoms with van der Waals surface area (Å²) >= 11 is 0. The molecule has 0 saturated carbocycles. The van der Waals surface area contributed by atoms with Gasteiger partial charge in [-0.15, -0.1) is 0 Å². The Morgan fingerprint density at radius 3 is 2.84 bits per heavy atom. The van der Waals surface area contributed by atoms with Crippen LogP contribution in [0.15, 0.2) is 30.2 Å². The molecule has 0 bridgehead atoms. The number of aldehydes is 1. The molecule has 1 unspecified atom stereocenters. The number of nitrogens with zero attached hydrogens (tertiary/aromatic N) is 1. The lowest BCUT2D eigenvalue weighted by Gasteiger charge is -2.33. The standard InChI is InChI=1S/C14H15NO4/c16-9-10-8-13(15-4-6-18-7-5-15)19-14-11(10)2-1-3-12(14)17/h1-3,8-10,17H,4-7H2. The Labute approximate surface area is 111 Å². The van der Waals surface area contributed by atoms with Crippen LogP contribution in [0.3, 0.4) is 0 Å². The van der Waals surface area contributed by atoms with Crippen LogP contribution in [0.4, 0.5) is 0 Å². The number of benzene rings is 1. The van der Waals surface area contributed by atoms with Crippen molar-refractivity contribution in [3.05, 3.63) is 35.7 Å². The topological polar surface area (TPSA) is 59.0 Å². The maximum atomic E-state index is 11.2. The van der Waals surface area contributed by atoms with E-state index in [0.717, 1.165) is 19.4 Å². The lowest BCUT2D eigenvalue weighted by Crippen LogP contribution is -2.38. The van der Waals surface area contributed by atoms with Crippen LogP contribution in [-0.2, 0) is 9.53 Å². The molecule has 1 fully saturated rings. The number of hydrogen-bond donors (Lipinski definition) is 1. The van der Waals surface area contributed by atoms with Gasteiger partial charge in [0.25, 0.3) is 0 Å². The fourth-order valence-corrected chi connectivity index (χ4v) is 2.36. The zero-order chi connectivity index (χ0) is 13.2. The molecule has 1 N–H and O–H groups in total. The minimum atomic E-state index is -0.381. The average Bonchev–Trinajstić information content (AvgIpc) is 2.48. The van der Waals surface area contributed by atoms with Crippen LogP contribution in [0.5, 0.6) is 11.5 Å². The number of hydrogen-bond acceptors (Lipinski definition) is 5. The number of morpholine rings is 1. The second-order valence-corrected chi connectivity index (χ2v) is 4.56. The highest BCUT2D eigenvalue weighted by atomic mass is 16.5. The van der Waals surface area contributed by atoms with Gasteiger partial charge >= 0.3 is 0 Å². The zero-order valence-electron chi connectivity index (χ0n) is 10.4. The fourth-order valence-electron chi connectivity index (χ4n) is 2.36. The van der Waals surface area contributed by atoms with Gasteiger partial charge in [0.15, 0.2) is 17.4 Å². The molecule has 2 aliphatic heterocycles. The largest absolute Gasteiger partial charge is 0.504 e. The van der Waals surface area contributed by atoms with Crippen molar-refractivity contribution < 1.29 is 19.4 Å². The molecule has 0 amide bonds. The number of carbonyl (C=O) groups excluding carboxylic acids is 1. The average molecular weight is 261 g/mol. The van der Waals surface area contributed by atoms with Crippen molar-refractivity contribution in [2.24, 2.45) is 0 Å². The Hall–Kier alpha value is -2.01. The van der Waals surface area contributed by atoms with Crippen LogP contribution in [0.25, 0.3) is 0 Å². The number of carbonyl (C=O) groups is 1. The summed E-state index contributed by atoms with van der Waals surface area (Å²) in [5.41, 5.74) is 0.701. The third kappa shape index (κ3) is 2.17. The number of rotatable bonds is 2. The summed E-state index contributed by atoms with van der Waals surface area (Å²) < 4.78 is 11.1. The van der Waals surface area contributed by atoms with Crippen molar-refractivity contribution in [2.45, 2.75) is 5.92 Å². The maximum Gasteiger partial charge on any atom is 0.193 e. The van der Waals surface area contributed by atoms with E-state index in [9.17, 15) is 9.90 Å². The molecule has 19 heavy (non-hydrogen) atoms. The third-order valence-electron chi connectivity index (χ3n) is 3.38. The third-order valence-corrected chi connectivity index (χ3v) is 3.38. The van der Waals surface area contributed by atoms with Gasteiger partial charge in [0.2, 0.25) is 0 Å². The molecule has 2 heterocycles. The number of ether oxygens (including phenoxy) is 2. The van der Waals surface area contributed by atoms with Crippen molar-refractivity contribution in [2.75, 3.05) is 26.3 Å². The van der Waals surface area contributed by atoms with Gasteiger partial charge in [-0.2, -0.15) is 0 Å². The minimum absolute atomic E-state index is 0.0585. The summed E-state index contributed by atoms with van der Waals surface area (Å²) in [7, 11) is 0. The molecule has 3 rings (SSSR count). The zero-order valence-corrected chi connectivity index (χ0v) is 10.4. The number of para-hydroxylation sites is 1. The van der Waals surface area contributed by atoms with Crippen LogP contribution < -0.4 is 4.74 Å². The van der Waals surface area contributed by atoms with E-state index in [-0.39, 0.29) is 11.7 Å². The van der Waals surface area contributed by atoms with Crippen LogP contribution in [-0.4, -0.2) is 42.6 Å². The highest BCUT2D eigenvalue weighted by molar-refractivity contribution is 5.70. The molecule has 5 nitrogen and oxygen atoms in total. The summed E-state index contributed by atoms with van der Waals surface area (Å²) in [6, 6.07) is 5.06. The number of aromatic hydroxyl groups is 1. The first-order valence-corrected chi connectivity index (χ1v) is 6.29. The van der Waals surface area contributed by atoms with Crippen LogP contribution in [0.2, 0.25) is 0 Å². The number of phenolic OH excluding ortho intramolecular Hbond substituents is 1. The van der Waals surface area contributed by atoms with Crippen LogP contribution >= 0.6 is 0 Å². The predicted octanol–water partition coefficient (Wildman–Crippen LogP) is 1.24. The highest BCUT2D eigenvalue weighted by Gasteiger charge is 2.27. The molecule has 1 aromatic carbocycles. The molecule has 100 valence electrons. The van der Waals surface area contributed by atoms with E-state index >= 15 is 0 Å². The van der Waals surface area contributed by atoms with Gasteiger partial charge in [-0.05, 0) is 12.1 Å². The van der Waals surface area contributed by atoms with Gasteiger partial charge in [0.1, 0.15) is 6.29 Å². The van der Waals surface area contributed by atoms with E-state index in [1.54, 1.807) is 24.3 Å². The molecule has 1 saturated heterocycles. The van der Waals surface area contributed by atoms with E-state index < -0.39 is 0 Å². The van der Waals surface area contributed by atoms with E-state index in [2.05, 4.69) is 0 Å². The molecule has 2 aliphatic rings. The molecule has 0 aliphatic carbocycles. The normalized spacial score (nSPS) is 22.2. The summed E-state index contributed by atoms with van der Waals surface area (Å²) in [6.07, 6.45) is 2.65. The van der Waals surface area contributed by atoms with Gasteiger partial charge < -0.3 is 24.3 Å². The van der Waals surface area contributed by atoms with Crippen LogP contribution in [0.1, 0.15) is 11.5 Å². The Kier molecular flexibility index (Phi) is 3.13. The number of phenols is 1. The smallest absolute Gasteiger partial charge is 0.193 e. The van der Waals surface area contributed by atoms with Gasteiger partial charge in [0.05, 0.1) is 19.1 Å². The quantitative estimate of drug-likeness (QED) is 0.812. The molecule has 1 atom stereocenters. The Balaban J connectivity index is 1.94. The first kappa shape index (κ1) is 12.0. The maximum absolute atomic E-state index is 11.2. The van der Waals surface area contributed by atoms with Gasteiger partial charge in [0, 0.05) is 18.7 Å². The summed E-state index contributed by atoms with van der Waals surface area (Å²) in [6.45, 7) is 2.72. The van der Waals surface area contributed by atoms with E-state index in [4.69, 9.17) is 9.47 Å². The second kappa shape index (κ2) is 4.93. The monoisotopic (exact) mass is 261 g/mol. The molecule has 5 heteroatoms. The summed E-state index contributed by atoms with van der Waals surface area (Å²) in [4.78, 5) is 13.3. The molecule has 1 aromatic rings. The van der Waals surface area contributed by atoms with E-state index in [1.165, 1.54) is 0 Å². The Morgan fingerprint density at radius 1 is 1.32 bits per heavy atom.